The molecule has 2 N–H and O–H groups in total. The van der Waals surface area contributed by atoms with E-state index in [-0.39, 0.29) is 5.91 Å². The lowest BCUT2D eigenvalue weighted by molar-refractivity contribution is -0.131. The molecule has 1 atom stereocenters. The second kappa shape index (κ2) is 8.36. The second-order valence-electron chi connectivity index (χ2n) is 4.63. The second-order valence-corrected chi connectivity index (χ2v) is 6.18. The summed E-state index contributed by atoms with van der Waals surface area (Å²) in [6, 6.07) is 5.08. The molecule has 0 aliphatic heterocycles. The first-order valence-corrected chi connectivity index (χ1v) is 8.22. The Kier molecular flexibility index (Phi) is 6.81. The van der Waals surface area contributed by atoms with Crippen LogP contribution in [0.3, 0.4) is 0 Å². The number of carbonyl (C=O) groups excluding carboxylic acids is 1. The lowest BCUT2D eigenvalue weighted by Gasteiger charge is -2.07. The molecule has 0 saturated carbocycles. The van der Waals surface area contributed by atoms with Crippen molar-refractivity contribution in [3.8, 4) is 0 Å². The lowest BCUT2D eigenvalue weighted by atomic mass is 10.0. The number of rotatable bonds is 7. The number of benzene rings is 1. The first kappa shape index (κ1) is 17.1. The largest absolute Gasteiger partial charge is 0.478 e. The number of nitrogens with one attached hydrogen (secondary N) is 1. The molecular formula is C15H19NO4S. The van der Waals surface area contributed by atoms with Crippen molar-refractivity contribution in [3.63, 3.8) is 0 Å². The van der Waals surface area contributed by atoms with Gasteiger partial charge < -0.3 is 10.4 Å². The molecule has 21 heavy (non-hydrogen) atoms. The van der Waals surface area contributed by atoms with Crippen molar-refractivity contribution in [3.05, 3.63) is 41.0 Å². The van der Waals surface area contributed by atoms with Crippen LogP contribution < -0.4 is 5.32 Å². The molecule has 114 valence electrons. The van der Waals surface area contributed by atoms with Crippen LogP contribution in [0.5, 0.6) is 0 Å². The van der Waals surface area contributed by atoms with Crippen LogP contribution in [0.1, 0.15) is 27.9 Å². The molecule has 5 nitrogen and oxygen atoms in total. The molecular weight excluding hydrogens is 290 g/mol. The molecule has 0 spiro atoms. The monoisotopic (exact) mass is 309 g/mol. The molecule has 1 aromatic rings. The van der Waals surface area contributed by atoms with E-state index in [9.17, 15) is 13.8 Å². The van der Waals surface area contributed by atoms with E-state index in [0.717, 1.165) is 17.2 Å². The predicted molar refractivity (Wildman–Crippen MR) is 83.7 cm³/mol. The highest BCUT2D eigenvalue weighted by Crippen LogP contribution is 2.13. The maximum atomic E-state index is 11.9. The van der Waals surface area contributed by atoms with E-state index in [1.807, 2.05) is 6.92 Å². The topological polar surface area (TPSA) is 83.5 Å². The van der Waals surface area contributed by atoms with Gasteiger partial charge in [0.25, 0.3) is 5.91 Å². The molecule has 1 aromatic carbocycles. The van der Waals surface area contributed by atoms with E-state index in [0.29, 0.717) is 24.3 Å². The molecule has 0 bridgehead atoms. The summed E-state index contributed by atoms with van der Waals surface area (Å²) in [6.45, 7) is 2.30. The predicted octanol–water partition coefficient (Wildman–Crippen LogP) is 1.59. The van der Waals surface area contributed by atoms with Gasteiger partial charge in [-0.05, 0) is 42.7 Å². The van der Waals surface area contributed by atoms with Gasteiger partial charge in [-0.15, -0.1) is 0 Å². The van der Waals surface area contributed by atoms with Crippen LogP contribution in [-0.2, 0) is 15.6 Å². The first-order chi connectivity index (χ1) is 9.90. The Morgan fingerprint density at radius 2 is 2.10 bits per heavy atom. The Hall–Kier alpha value is -1.95. The SMILES string of the molecule is Cc1cc(C(=O)NCCCS(C)=O)ccc1/C=C/C(=O)O. The summed E-state index contributed by atoms with van der Waals surface area (Å²) in [6.07, 6.45) is 4.87. The van der Waals surface area contributed by atoms with Gasteiger partial charge in [0.2, 0.25) is 0 Å². The number of aryl methyl sites for hydroxylation is 1. The van der Waals surface area contributed by atoms with Crippen LogP contribution in [0, 0.1) is 6.92 Å². The highest BCUT2D eigenvalue weighted by atomic mass is 32.2. The van der Waals surface area contributed by atoms with E-state index >= 15 is 0 Å². The van der Waals surface area contributed by atoms with Crippen LogP contribution in [0.2, 0.25) is 0 Å². The van der Waals surface area contributed by atoms with Crippen LogP contribution in [0.25, 0.3) is 6.08 Å². The minimum absolute atomic E-state index is 0.186. The Labute approximate surface area is 126 Å². The van der Waals surface area contributed by atoms with Crippen molar-refractivity contribution in [1.29, 1.82) is 0 Å². The van der Waals surface area contributed by atoms with E-state index < -0.39 is 16.8 Å². The smallest absolute Gasteiger partial charge is 0.328 e. The zero-order chi connectivity index (χ0) is 15.8. The number of amides is 1. The van der Waals surface area contributed by atoms with E-state index in [1.165, 1.54) is 6.08 Å². The van der Waals surface area contributed by atoms with Crippen molar-refractivity contribution < 1.29 is 18.9 Å². The van der Waals surface area contributed by atoms with Crippen molar-refractivity contribution in [1.82, 2.24) is 5.32 Å². The molecule has 0 aliphatic rings. The molecule has 0 saturated heterocycles. The summed E-state index contributed by atoms with van der Waals surface area (Å²) >= 11 is 0. The van der Waals surface area contributed by atoms with Gasteiger partial charge in [0, 0.05) is 41.0 Å². The molecule has 6 heteroatoms. The van der Waals surface area contributed by atoms with E-state index in [2.05, 4.69) is 5.32 Å². The fourth-order valence-corrected chi connectivity index (χ4v) is 2.30. The molecule has 0 radical (unpaired) electrons. The van der Waals surface area contributed by atoms with Gasteiger partial charge in [-0.1, -0.05) is 6.07 Å². The van der Waals surface area contributed by atoms with Crippen LogP contribution in [0.15, 0.2) is 24.3 Å². The van der Waals surface area contributed by atoms with Gasteiger partial charge >= 0.3 is 5.97 Å². The molecule has 0 fully saturated rings. The Bertz CT molecular complexity index is 581. The fraction of sp³-hybridized carbons (Fsp3) is 0.333. The normalized spacial score (nSPS) is 12.3. The van der Waals surface area contributed by atoms with Crippen molar-refractivity contribution in [2.45, 2.75) is 13.3 Å². The number of carboxylic acids is 1. The fourth-order valence-electron chi connectivity index (χ4n) is 1.74. The number of carboxylic acid groups (broad SMARTS) is 1. The summed E-state index contributed by atoms with van der Waals surface area (Å²) in [5.74, 6) is -0.628. The summed E-state index contributed by atoms with van der Waals surface area (Å²) in [4.78, 5) is 22.4. The third kappa shape index (κ3) is 6.35. The Morgan fingerprint density at radius 3 is 2.67 bits per heavy atom. The lowest BCUT2D eigenvalue weighted by Crippen LogP contribution is -2.25. The molecule has 0 aliphatic carbocycles. The molecule has 0 aromatic heterocycles. The number of hydrogen-bond acceptors (Lipinski definition) is 3. The highest BCUT2D eigenvalue weighted by molar-refractivity contribution is 7.84. The third-order valence-corrected chi connectivity index (χ3v) is 3.70. The molecule has 1 amide bonds. The maximum absolute atomic E-state index is 11.9. The zero-order valence-corrected chi connectivity index (χ0v) is 12.9. The van der Waals surface area contributed by atoms with Gasteiger partial charge in [0.1, 0.15) is 0 Å². The van der Waals surface area contributed by atoms with E-state index in [4.69, 9.17) is 5.11 Å². The summed E-state index contributed by atoms with van der Waals surface area (Å²) in [7, 11) is -0.845. The summed E-state index contributed by atoms with van der Waals surface area (Å²) < 4.78 is 10.9. The highest BCUT2D eigenvalue weighted by Gasteiger charge is 2.06. The van der Waals surface area contributed by atoms with Gasteiger partial charge in [-0.3, -0.25) is 9.00 Å². The summed E-state index contributed by atoms with van der Waals surface area (Å²) in [5.41, 5.74) is 2.11. The average Bonchev–Trinajstić information content (AvgIpc) is 2.41. The van der Waals surface area contributed by atoms with Gasteiger partial charge in [-0.25, -0.2) is 4.79 Å². The van der Waals surface area contributed by atoms with Gasteiger partial charge in [-0.2, -0.15) is 0 Å². The molecule has 1 unspecified atom stereocenters. The van der Waals surface area contributed by atoms with Gasteiger partial charge in [0.15, 0.2) is 0 Å². The number of carbonyl (C=O) groups is 2. The Balaban J connectivity index is 2.63. The standard InChI is InChI=1S/C15H19NO4S/c1-11-10-13(5-4-12(11)6-7-14(17)18)15(19)16-8-3-9-21(2)20/h4-7,10H,3,8-9H2,1-2H3,(H,16,19)(H,17,18)/b7-6+. The third-order valence-electron chi connectivity index (χ3n) is 2.83. The van der Waals surface area contributed by atoms with Gasteiger partial charge in [0.05, 0.1) is 0 Å². The van der Waals surface area contributed by atoms with Crippen molar-refractivity contribution >= 4 is 28.8 Å². The minimum atomic E-state index is -1.01. The minimum Gasteiger partial charge on any atom is -0.478 e. The molecule has 1 rings (SSSR count). The van der Waals surface area contributed by atoms with Crippen LogP contribution in [-0.4, -0.2) is 39.7 Å². The van der Waals surface area contributed by atoms with Crippen LogP contribution in [0.4, 0.5) is 0 Å². The zero-order valence-electron chi connectivity index (χ0n) is 12.1. The quantitative estimate of drug-likeness (QED) is 0.592. The number of aliphatic carboxylic acids is 1. The van der Waals surface area contributed by atoms with Crippen LogP contribution >= 0.6 is 0 Å². The number of hydrogen-bond donors (Lipinski definition) is 2. The Morgan fingerprint density at radius 1 is 1.38 bits per heavy atom. The van der Waals surface area contributed by atoms with E-state index in [1.54, 1.807) is 24.5 Å². The maximum Gasteiger partial charge on any atom is 0.328 e. The van der Waals surface area contributed by atoms with Crippen molar-refractivity contribution in [2.75, 3.05) is 18.6 Å². The summed E-state index contributed by atoms with van der Waals surface area (Å²) in [5, 5.41) is 11.4. The average molecular weight is 309 g/mol. The van der Waals surface area contributed by atoms with Crippen molar-refractivity contribution in [2.24, 2.45) is 0 Å². The first-order valence-electron chi connectivity index (χ1n) is 6.50. The molecule has 0 heterocycles.